The third-order valence-electron chi connectivity index (χ3n) is 6.15. The van der Waals surface area contributed by atoms with E-state index in [1.807, 2.05) is 17.0 Å². The van der Waals surface area contributed by atoms with Gasteiger partial charge in [0, 0.05) is 35.8 Å². The van der Waals surface area contributed by atoms with Crippen LogP contribution < -0.4 is 14.4 Å². The molecule has 3 aromatic rings. The molecule has 2 heterocycles. The highest BCUT2D eigenvalue weighted by Crippen LogP contribution is 2.47. The molecule has 2 aliphatic heterocycles. The van der Waals surface area contributed by atoms with Crippen molar-refractivity contribution in [3.05, 3.63) is 71.8 Å². The van der Waals surface area contributed by atoms with E-state index < -0.39 is 0 Å². The van der Waals surface area contributed by atoms with Crippen molar-refractivity contribution in [1.82, 2.24) is 4.90 Å². The molecular formula is C26H26N2O3S. The van der Waals surface area contributed by atoms with Gasteiger partial charge in [-0.05, 0) is 53.9 Å². The van der Waals surface area contributed by atoms with Crippen molar-refractivity contribution in [2.45, 2.75) is 29.2 Å². The van der Waals surface area contributed by atoms with E-state index in [1.54, 1.807) is 26.0 Å². The van der Waals surface area contributed by atoms with Gasteiger partial charge in [-0.25, -0.2) is 0 Å². The summed E-state index contributed by atoms with van der Waals surface area (Å²) in [5.41, 5.74) is 4.70. The van der Waals surface area contributed by atoms with Crippen molar-refractivity contribution in [2.24, 2.45) is 0 Å². The van der Waals surface area contributed by atoms with Crippen LogP contribution in [0.2, 0.25) is 0 Å². The molecule has 0 unspecified atom stereocenters. The van der Waals surface area contributed by atoms with E-state index in [-0.39, 0.29) is 5.91 Å². The molecule has 0 fully saturated rings. The number of nitrogens with zero attached hydrogens (tertiary/aromatic N) is 2. The Bertz CT molecular complexity index is 1120. The lowest BCUT2D eigenvalue weighted by molar-refractivity contribution is -0.131. The summed E-state index contributed by atoms with van der Waals surface area (Å²) in [6.45, 7) is 1.99. The first-order chi connectivity index (χ1) is 15.7. The zero-order valence-corrected chi connectivity index (χ0v) is 19.2. The fraction of sp³-hybridized carbons (Fsp3) is 0.269. The quantitative estimate of drug-likeness (QED) is 0.533. The standard InChI is InChI=1S/C26H26N2O3S/c1-30-22-15-18-11-13-27(17-19(18)16-23(22)31-2)26(29)12-14-28-20-7-3-5-9-24(20)32-25-10-6-4-8-21(25)28/h3-10,15-16H,11-14,17H2,1-2H3. The molecule has 32 heavy (non-hydrogen) atoms. The van der Waals surface area contributed by atoms with Gasteiger partial charge in [-0.3, -0.25) is 4.79 Å². The number of ether oxygens (including phenoxy) is 2. The van der Waals surface area contributed by atoms with Crippen molar-refractivity contribution < 1.29 is 14.3 Å². The molecule has 1 amide bonds. The average Bonchev–Trinajstić information content (AvgIpc) is 2.85. The SMILES string of the molecule is COc1cc2c(cc1OC)CN(C(=O)CCN1c3ccccc3Sc3ccccc31)CC2. The average molecular weight is 447 g/mol. The maximum atomic E-state index is 13.2. The van der Waals surface area contributed by atoms with E-state index in [1.165, 1.54) is 26.7 Å². The molecular weight excluding hydrogens is 420 g/mol. The molecule has 0 aliphatic carbocycles. The number of amides is 1. The highest BCUT2D eigenvalue weighted by Gasteiger charge is 2.26. The molecule has 5 nitrogen and oxygen atoms in total. The number of hydrogen-bond acceptors (Lipinski definition) is 5. The van der Waals surface area contributed by atoms with Gasteiger partial charge in [-0.15, -0.1) is 0 Å². The van der Waals surface area contributed by atoms with Crippen LogP contribution in [0.25, 0.3) is 0 Å². The number of rotatable bonds is 5. The molecule has 0 spiro atoms. The number of carbonyl (C=O) groups excluding carboxylic acids is 1. The van der Waals surface area contributed by atoms with Gasteiger partial charge in [0.15, 0.2) is 11.5 Å². The smallest absolute Gasteiger partial charge is 0.224 e. The van der Waals surface area contributed by atoms with E-state index in [4.69, 9.17) is 9.47 Å². The minimum absolute atomic E-state index is 0.179. The van der Waals surface area contributed by atoms with E-state index >= 15 is 0 Å². The molecule has 3 aromatic carbocycles. The molecule has 2 aliphatic rings. The maximum absolute atomic E-state index is 13.2. The first-order valence-electron chi connectivity index (χ1n) is 10.8. The molecule has 0 saturated heterocycles. The summed E-state index contributed by atoms with van der Waals surface area (Å²) in [6.07, 6.45) is 1.30. The molecule has 5 rings (SSSR count). The van der Waals surface area contributed by atoms with Crippen molar-refractivity contribution in [1.29, 1.82) is 0 Å². The second-order valence-corrected chi connectivity index (χ2v) is 9.06. The zero-order valence-electron chi connectivity index (χ0n) is 18.3. The Balaban J connectivity index is 1.32. The number of hydrogen-bond donors (Lipinski definition) is 0. The summed E-state index contributed by atoms with van der Waals surface area (Å²) in [6, 6.07) is 20.9. The maximum Gasteiger partial charge on any atom is 0.224 e. The van der Waals surface area contributed by atoms with Crippen LogP contribution in [-0.2, 0) is 17.8 Å². The fourth-order valence-electron chi connectivity index (χ4n) is 4.48. The lowest BCUT2D eigenvalue weighted by Gasteiger charge is -2.34. The van der Waals surface area contributed by atoms with Crippen LogP contribution in [0, 0.1) is 0 Å². The monoisotopic (exact) mass is 446 g/mol. The number of anilines is 2. The fourth-order valence-corrected chi connectivity index (χ4v) is 5.58. The van der Waals surface area contributed by atoms with Crippen LogP contribution in [-0.4, -0.2) is 38.1 Å². The van der Waals surface area contributed by atoms with Gasteiger partial charge in [-0.2, -0.15) is 0 Å². The van der Waals surface area contributed by atoms with Crippen LogP contribution in [0.3, 0.4) is 0 Å². The Morgan fingerprint density at radius 1 is 0.906 bits per heavy atom. The normalized spacial score (nSPS) is 14.3. The van der Waals surface area contributed by atoms with Crippen molar-refractivity contribution in [2.75, 3.05) is 32.2 Å². The van der Waals surface area contributed by atoms with Crippen molar-refractivity contribution in [3.8, 4) is 11.5 Å². The van der Waals surface area contributed by atoms with Gasteiger partial charge >= 0.3 is 0 Å². The van der Waals surface area contributed by atoms with E-state index in [2.05, 4.69) is 53.4 Å². The third kappa shape index (κ3) is 3.79. The Kier molecular flexibility index (Phi) is 5.70. The molecule has 0 atom stereocenters. The van der Waals surface area contributed by atoms with E-state index in [0.29, 0.717) is 25.3 Å². The van der Waals surface area contributed by atoms with E-state index in [9.17, 15) is 4.79 Å². The summed E-state index contributed by atoms with van der Waals surface area (Å²) >= 11 is 1.79. The summed E-state index contributed by atoms with van der Waals surface area (Å²) < 4.78 is 10.9. The molecule has 164 valence electrons. The highest BCUT2D eigenvalue weighted by molar-refractivity contribution is 7.99. The lowest BCUT2D eigenvalue weighted by Crippen LogP contribution is -2.37. The van der Waals surface area contributed by atoms with Crippen LogP contribution in [0.15, 0.2) is 70.5 Å². The number of carbonyl (C=O) groups is 1. The van der Waals surface area contributed by atoms with Crippen molar-refractivity contribution >= 4 is 29.0 Å². The van der Waals surface area contributed by atoms with Crippen LogP contribution in [0.4, 0.5) is 11.4 Å². The highest BCUT2D eigenvalue weighted by atomic mass is 32.2. The van der Waals surface area contributed by atoms with Crippen LogP contribution in [0.5, 0.6) is 11.5 Å². The minimum atomic E-state index is 0.179. The van der Waals surface area contributed by atoms with Gasteiger partial charge < -0.3 is 19.3 Å². The number of para-hydroxylation sites is 2. The predicted octanol–water partition coefficient (Wildman–Crippen LogP) is 5.28. The molecule has 0 N–H and O–H groups in total. The largest absolute Gasteiger partial charge is 0.493 e. The Morgan fingerprint density at radius 2 is 1.50 bits per heavy atom. The van der Waals surface area contributed by atoms with Gasteiger partial charge in [0.1, 0.15) is 0 Å². The predicted molar refractivity (Wildman–Crippen MR) is 127 cm³/mol. The Hall–Kier alpha value is -3.12. The summed E-state index contributed by atoms with van der Waals surface area (Å²) in [5, 5.41) is 0. The number of benzene rings is 3. The van der Waals surface area contributed by atoms with E-state index in [0.717, 1.165) is 24.3 Å². The summed E-state index contributed by atoms with van der Waals surface area (Å²) in [7, 11) is 3.29. The minimum Gasteiger partial charge on any atom is -0.493 e. The van der Waals surface area contributed by atoms with Gasteiger partial charge in [0.25, 0.3) is 0 Å². The molecule has 0 aromatic heterocycles. The third-order valence-corrected chi connectivity index (χ3v) is 7.28. The molecule has 0 radical (unpaired) electrons. The van der Waals surface area contributed by atoms with Gasteiger partial charge in [-0.1, -0.05) is 36.0 Å². The summed E-state index contributed by atoms with van der Waals surface area (Å²) in [4.78, 5) is 19.9. The molecule has 6 heteroatoms. The Labute approximate surface area is 192 Å². The molecule has 0 saturated carbocycles. The first-order valence-corrected chi connectivity index (χ1v) is 11.6. The Morgan fingerprint density at radius 3 is 2.12 bits per heavy atom. The number of fused-ring (bicyclic) bond motifs is 3. The molecule has 0 bridgehead atoms. The first kappa shape index (κ1) is 20.8. The topological polar surface area (TPSA) is 42.0 Å². The zero-order chi connectivity index (χ0) is 22.1. The van der Waals surface area contributed by atoms with Gasteiger partial charge in [0.05, 0.1) is 25.6 Å². The van der Waals surface area contributed by atoms with Crippen LogP contribution >= 0.6 is 11.8 Å². The number of methoxy groups -OCH3 is 2. The van der Waals surface area contributed by atoms with Crippen molar-refractivity contribution in [3.63, 3.8) is 0 Å². The second kappa shape index (κ2) is 8.79. The summed E-state index contributed by atoms with van der Waals surface area (Å²) in [5.74, 6) is 1.63. The van der Waals surface area contributed by atoms with Gasteiger partial charge in [0.2, 0.25) is 5.91 Å². The van der Waals surface area contributed by atoms with Crippen LogP contribution in [0.1, 0.15) is 17.5 Å². The lowest BCUT2D eigenvalue weighted by atomic mass is 9.98. The second-order valence-electron chi connectivity index (χ2n) is 7.98.